The van der Waals surface area contributed by atoms with Gasteiger partial charge in [0.1, 0.15) is 11.3 Å². The van der Waals surface area contributed by atoms with Crippen LogP contribution in [-0.4, -0.2) is 27.9 Å². The molecule has 0 aliphatic rings. The van der Waals surface area contributed by atoms with Gasteiger partial charge >= 0.3 is 5.97 Å². The van der Waals surface area contributed by atoms with Gasteiger partial charge in [-0.2, -0.15) is 0 Å². The number of para-hydroxylation sites is 1. The average Bonchev–Trinajstić information content (AvgIpc) is 2.65. The lowest BCUT2D eigenvalue weighted by atomic mass is 10.1. The first-order chi connectivity index (χ1) is 8.56. The Morgan fingerprint density at radius 2 is 2.11 bits per heavy atom. The van der Waals surface area contributed by atoms with E-state index in [0.29, 0.717) is 5.52 Å². The van der Waals surface area contributed by atoms with Crippen LogP contribution in [0.2, 0.25) is 0 Å². The van der Waals surface area contributed by atoms with Crippen molar-refractivity contribution in [2.75, 3.05) is 6.61 Å². The van der Waals surface area contributed by atoms with Crippen LogP contribution in [0.5, 0.6) is 0 Å². The number of hydrogen-bond donors (Lipinski definition) is 0. The monoisotopic (exact) mass is 246 g/mol. The summed E-state index contributed by atoms with van der Waals surface area (Å²) in [4.78, 5) is 27.7. The number of ketones is 1. The molecular weight excluding hydrogens is 232 g/mol. The molecule has 94 valence electrons. The highest BCUT2D eigenvalue weighted by atomic mass is 16.5. The lowest BCUT2D eigenvalue weighted by Crippen LogP contribution is -2.17. The van der Waals surface area contributed by atoms with Crippen LogP contribution in [0.25, 0.3) is 11.0 Å². The van der Waals surface area contributed by atoms with E-state index in [1.54, 1.807) is 19.1 Å². The van der Waals surface area contributed by atoms with Gasteiger partial charge in [0, 0.05) is 7.05 Å². The van der Waals surface area contributed by atoms with Crippen molar-refractivity contribution in [3.8, 4) is 0 Å². The number of carbonyl (C=O) groups excluding carboxylic acids is 2. The Morgan fingerprint density at radius 3 is 2.78 bits per heavy atom. The molecular formula is C13H14N2O3. The van der Waals surface area contributed by atoms with Crippen molar-refractivity contribution < 1.29 is 14.3 Å². The molecule has 0 saturated heterocycles. The second kappa shape index (κ2) is 4.60. The van der Waals surface area contributed by atoms with Gasteiger partial charge in [-0.25, -0.2) is 9.78 Å². The molecule has 0 amide bonds. The van der Waals surface area contributed by atoms with Crippen molar-refractivity contribution in [1.29, 1.82) is 0 Å². The normalized spacial score (nSPS) is 10.6. The van der Waals surface area contributed by atoms with Crippen molar-refractivity contribution in [2.24, 2.45) is 7.05 Å². The van der Waals surface area contributed by atoms with Gasteiger partial charge < -0.3 is 9.30 Å². The number of benzene rings is 1. The maximum atomic E-state index is 11.9. The molecule has 0 spiro atoms. The SMILES string of the molecule is CCOC(=O)C(=O)c1cccc2c1nc(C)n2C. The second-order valence-electron chi connectivity index (χ2n) is 3.94. The third-order valence-corrected chi connectivity index (χ3v) is 2.84. The van der Waals surface area contributed by atoms with Gasteiger partial charge in [0.15, 0.2) is 0 Å². The summed E-state index contributed by atoms with van der Waals surface area (Å²) in [6.45, 7) is 3.69. The van der Waals surface area contributed by atoms with Gasteiger partial charge in [0.2, 0.25) is 0 Å². The topological polar surface area (TPSA) is 61.2 Å². The van der Waals surface area contributed by atoms with Crippen LogP contribution in [0.15, 0.2) is 18.2 Å². The third kappa shape index (κ3) is 1.88. The molecule has 0 atom stereocenters. The van der Waals surface area contributed by atoms with Crippen LogP contribution in [0.3, 0.4) is 0 Å². The Balaban J connectivity index is 2.55. The number of hydrogen-bond acceptors (Lipinski definition) is 4. The minimum Gasteiger partial charge on any atom is -0.460 e. The Hall–Kier alpha value is -2.17. The van der Waals surface area contributed by atoms with Crippen LogP contribution in [0.1, 0.15) is 23.1 Å². The summed E-state index contributed by atoms with van der Waals surface area (Å²) >= 11 is 0. The zero-order chi connectivity index (χ0) is 13.3. The highest BCUT2D eigenvalue weighted by Gasteiger charge is 2.21. The molecule has 0 aliphatic carbocycles. The Kier molecular flexibility index (Phi) is 3.14. The fourth-order valence-electron chi connectivity index (χ4n) is 1.82. The molecule has 2 rings (SSSR count). The lowest BCUT2D eigenvalue weighted by molar-refractivity contribution is -0.137. The number of nitrogens with zero attached hydrogens (tertiary/aromatic N) is 2. The predicted molar refractivity (Wildman–Crippen MR) is 66.4 cm³/mol. The number of aryl methyl sites for hydroxylation is 2. The van der Waals surface area contributed by atoms with E-state index in [0.717, 1.165) is 11.3 Å². The molecule has 0 bridgehead atoms. The molecule has 0 fully saturated rings. The molecule has 0 unspecified atom stereocenters. The molecule has 0 N–H and O–H groups in total. The lowest BCUT2D eigenvalue weighted by Gasteiger charge is -2.02. The van der Waals surface area contributed by atoms with E-state index in [9.17, 15) is 9.59 Å². The summed E-state index contributed by atoms with van der Waals surface area (Å²) in [7, 11) is 1.86. The van der Waals surface area contributed by atoms with Crippen LogP contribution >= 0.6 is 0 Å². The van der Waals surface area contributed by atoms with Crippen molar-refractivity contribution in [2.45, 2.75) is 13.8 Å². The molecule has 1 aromatic heterocycles. The first kappa shape index (κ1) is 12.3. The minimum absolute atomic E-state index is 0.182. The molecule has 0 radical (unpaired) electrons. The van der Waals surface area contributed by atoms with Gasteiger partial charge in [0.25, 0.3) is 5.78 Å². The number of imidazole rings is 1. The van der Waals surface area contributed by atoms with Crippen molar-refractivity contribution in [3.05, 3.63) is 29.6 Å². The van der Waals surface area contributed by atoms with Gasteiger partial charge in [-0.05, 0) is 26.0 Å². The number of Topliss-reactive ketones (excluding diaryl/α,β-unsaturated/α-hetero) is 1. The first-order valence-electron chi connectivity index (χ1n) is 5.69. The summed E-state index contributed by atoms with van der Waals surface area (Å²) in [6, 6.07) is 5.18. The highest BCUT2D eigenvalue weighted by Crippen LogP contribution is 2.19. The van der Waals surface area contributed by atoms with Gasteiger partial charge in [-0.3, -0.25) is 4.79 Å². The zero-order valence-corrected chi connectivity index (χ0v) is 10.6. The molecule has 18 heavy (non-hydrogen) atoms. The smallest absolute Gasteiger partial charge is 0.379 e. The van der Waals surface area contributed by atoms with Crippen LogP contribution in [0, 0.1) is 6.92 Å². The molecule has 1 heterocycles. The van der Waals surface area contributed by atoms with E-state index in [1.807, 2.05) is 24.6 Å². The maximum absolute atomic E-state index is 11.9. The summed E-state index contributed by atoms with van der Waals surface area (Å²) in [5.74, 6) is -0.706. The van der Waals surface area contributed by atoms with Crippen molar-refractivity contribution in [3.63, 3.8) is 0 Å². The first-order valence-corrected chi connectivity index (χ1v) is 5.69. The van der Waals surface area contributed by atoms with Gasteiger partial charge in [-0.1, -0.05) is 6.07 Å². The second-order valence-corrected chi connectivity index (χ2v) is 3.94. The van der Waals surface area contributed by atoms with Crippen molar-refractivity contribution >= 4 is 22.8 Å². The van der Waals surface area contributed by atoms with Crippen LogP contribution in [-0.2, 0) is 16.6 Å². The molecule has 2 aromatic rings. The number of carbonyl (C=O) groups is 2. The number of fused-ring (bicyclic) bond motifs is 1. The average molecular weight is 246 g/mol. The number of ether oxygens (including phenoxy) is 1. The molecule has 1 aromatic carbocycles. The van der Waals surface area contributed by atoms with E-state index in [2.05, 4.69) is 4.98 Å². The van der Waals surface area contributed by atoms with Gasteiger partial charge in [-0.15, -0.1) is 0 Å². The summed E-state index contributed by atoms with van der Waals surface area (Å²) < 4.78 is 6.59. The summed E-state index contributed by atoms with van der Waals surface area (Å²) in [5, 5.41) is 0. The van der Waals surface area contributed by atoms with Crippen LogP contribution < -0.4 is 0 Å². The third-order valence-electron chi connectivity index (χ3n) is 2.84. The summed E-state index contributed by atoms with van der Waals surface area (Å²) in [6.07, 6.45) is 0. The fraction of sp³-hybridized carbons (Fsp3) is 0.308. The molecule has 0 saturated carbocycles. The summed E-state index contributed by atoms with van der Waals surface area (Å²) in [5.41, 5.74) is 1.65. The Labute approximate surface area is 104 Å². The quantitative estimate of drug-likeness (QED) is 0.469. The van der Waals surface area contributed by atoms with Gasteiger partial charge in [0.05, 0.1) is 17.7 Å². The molecule has 0 aliphatic heterocycles. The van der Waals surface area contributed by atoms with Crippen molar-refractivity contribution in [1.82, 2.24) is 9.55 Å². The van der Waals surface area contributed by atoms with E-state index < -0.39 is 11.8 Å². The maximum Gasteiger partial charge on any atom is 0.379 e. The number of aromatic nitrogens is 2. The van der Waals surface area contributed by atoms with E-state index in [-0.39, 0.29) is 12.2 Å². The zero-order valence-electron chi connectivity index (χ0n) is 10.6. The van der Waals surface area contributed by atoms with Crippen LogP contribution in [0.4, 0.5) is 0 Å². The predicted octanol–water partition coefficient (Wildman–Crippen LogP) is 1.63. The standard InChI is InChI=1S/C13H14N2O3/c1-4-18-13(17)12(16)9-6-5-7-10-11(9)14-8(2)15(10)3/h5-7H,4H2,1-3H3. The largest absolute Gasteiger partial charge is 0.460 e. The van der Waals surface area contributed by atoms with E-state index in [1.165, 1.54) is 0 Å². The Morgan fingerprint density at radius 1 is 1.39 bits per heavy atom. The minimum atomic E-state index is -0.840. The number of rotatable bonds is 3. The Bertz CT molecular complexity index is 628. The highest BCUT2D eigenvalue weighted by molar-refractivity contribution is 6.42. The molecule has 5 nitrogen and oxygen atoms in total. The molecule has 5 heteroatoms. The fourth-order valence-corrected chi connectivity index (χ4v) is 1.82. The van der Waals surface area contributed by atoms with E-state index in [4.69, 9.17) is 4.74 Å². The van der Waals surface area contributed by atoms with E-state index >= 15 is 0 Å². The number of esters is 1.